The van der Waals surface area contributed by atoms with Crippen LogP contribution in [0.2, 0.25) is 0 Å². The van der Waals surface area contributed by atoms with Crippen molar-refractivity contribution in [2.45, 2.75) is 55.9 Å². The highest BCUT2D eigenvalue weighted by atomic mass is 32.3. The molecule has 1 aliphatic carbocycles. The molecule has 1 fully saturated rings. The highest BCUT2D eigenvalue weighted by Gasteiger charge is 2.62. The Kier molecular flexibility index (Phi) is 6.70. The van der Waals surface area contributed by atoms with E-state index in [1.165, 1.54) is 23.6 Å². The number of fused-ring (bicyclic) bond motifs is 1. The minimum Gasteiger partial charge on any atom is -0.461 e. The van der Waals surface area contributed by atoms with Gasteiger partial charge >= 0.3 is 16.4 Å². The lowest BCUT2D eigenvalue weighted by Crippen LogP contribution is -2.53. The third-order valence-electron chi connectivity index (χ3n) is 6.50. The summed E-state index contributed by atoms with van der Waals surface area (Å²) < 4.78 is 66.0. The van der Waals surface area contributed by atoms with E-state index in [0.717, 1.165) is 0 Å². The molecule has 186 valence electrons. The Morgan fingerprint density at radius 3 is 2.39 bits per heavy atom. The Morgan fingerprint density at radius 2 is 1.88 bits per heavy atom. The molecule has 0 aromatic carbocycles. The van der Waals surface area contributed by atoms with Crippen molar-refractivity contribution in [1.82, 2.24) is 14.7 Å². The second kappa shape index (κ2) is 8.64. The van der Waals surface area contributed by atoms with Crippen molar-refractivity contribution in [3.63, 3.8) is 0 Å². The first-order valence-corrected chi connectivity index (χ1v) is 13.4. The third-order valence-corrected chi connectivity index (χ3v) is 10.3. The summed E-state index contributed by atoms with van der Waals surface area (Å²) in [6.45, 7) is 4.20. The van der Waals surface area contributed by atoms with E-state index in [9.17, 15) is 26.4 Å². The van der Waals surface area contributed by atoms with Crippen LogP contribution in [0.4, 0.5) is 0 Å². The zero-order valence-electron chi connectivity index (χ0n) is 19.0. The molecule has 0 saturated heterocycles. The summed E-state index contributed by atoms with van der Waals surface area (Å²) in [7, 11) is -7.26. The molecule has 2 aliphatic rings. The second-order valence-corrected chi connectivity index (χ2v) is 12.6. The minimum atomic E-state index is -4.81. The van der Waals surface area contributed by atoms with Gasteiger partial charge in [0.05, 0.1) is 22.7 Å². The maximum absolute atomic E-state index is 13.6. The van der Waals surface area contributed by atoms with Gasteiger partial charge in [0.25, 0.3) is 5.91 Å². The molecule has 1 atom stereocenters. The van der Waals surface area contributed by atoms with Gasteiger partial charge in [0.1, 0.15) is 5.69 Å². The van der Waals surface area contributed by atoms with Crippen molar-refractivity contribution < 1.29 is 39.9 Å². The molecule has 14 heteroatoms. The molecule has 3 rings (SSSR count). The Balaban J connectivity index is 1.86. The predicted molar refractivity (Wildman–Crippen MR) is 116 cm³/mol. The number of carbonyl (C=O) groups excluding carboxylic acids is 2. The lowest BCUT2D eigenvalue weighted by atomic mass is 10.0. The molecule has 33 heavy (non-hydrogen) atoms. The normalized spacial score (nSPS) is 19.7. The lowest BCUT2D eigenvalue weighted by molar-refractivity contribution is 0.0517. The number of aromatic nitrogens is 2. The summed E-state index contributed by atoms with van der Waals surface area (Å²) in [4.78, 5) is 26.8. The molecule has 1 unspecified atom stereocenters. The zero-order chi connectivity index (χ0) is 24.8. The molecule has 0 radical (unpaired) electrons. The molecule has 1 aromatic heterocycles. The van der Waals surface area contributed by atoms with Gasteiger partial charge in [0, 0.05) is 25.7 Å². The summed E-state index contributed by atoms with van der Waals surface area (Å²) in [6, 6.07) is 0. The molecule has 0 spiro atoms. The molecular formula is C19H29N3O9S2. The largest absolute Gasteiger partial charge is 0.461 e. The fraction of sp³-hybridized carbons (Fsp3) is 0.737. The zero-order valence-corrected chi connectivity index (χ0v) is 20.7. The van der Waals surface area contributed by atoms with Crippen LogP contribution in [0.25, 0.3) is 0 Å². The smallest absolute Gasteiger partial charge is 0.397 e. The van der Waals surface area contributed by atoms with Gasteiger partial charge in [0.15, 0.2) is 15.5 Å². The third kappa shape index (κ3) is 4.53. The number of hydrogen-bond acceptors (Lipinski definition) is 9. The van der Waals surface area contributed by atoms with Crippen LogP contribution in [0, 0.1) is 0 Å². The van der Waals surface area contributed by atoms with Crippen molar-refractivity contribution in [2.24, 2.45) is 7.05 Å². The summed E-state index contributed by atoms with van der Waals surface area (Å²) in [5.41, 5.74) is 0.771. The monoisotopic (exact) mass is 507 g/mol. The fourth-order valence-electron chi connectivity index (χ4n) is 4.18. The predicted octanol–water partition coefficient (Wildman–Crippen LogP) is 0.531. The van der Waals surface area contributed by atoms with E-state index in [1.54, 1.807) is 13.8 Å². The van der Waals surface area contributed by atoms with E-state index < -0.39 is 48.2 Å². The first kappa shape index (κ1) is 25.6. The molecule has 1 saturated carbocycles. The average molecular weight is 508 g/mol. The molecule has 12 nitrogen and oxygen atoms in total. The maximum atomic E-state index is 13.6. The summed E-state index contributed by atoms with van der Waals surface area (Å²) in [5.74, 6) is -1.05. The molecule has 2 heterocycles. The first-order chi connectivity index (χ1) is 15.2. The van der Waals surface area contributed by atoms with Gasteiger partial charge < -0.3 is 9.64 Å². The number of sulfone groups is 1. The van der Waals surface area contributed by atoms with Crippen molar-refractivity contribution in [2.75, 3.05) is 26.3 Å². The maximum Gasteiger partial charge on any atom is 0.397 e. The highest BCUT2D eigenvalue weighted by molar-refractivity contribution is 7.94. The van der Waals surface area contributed by atoms with Crippen LogP contribution in [0.3, 0.4) is 0 Å². The topological polar surface area (TPSA) is 162 Å². The Bertz CT molecular complexity index is 1170. The number of carbonyl (C=O) groups is 2. The van der Waals surface area contributed by atoms with E-state index in [1.807, 2.05) is 0 Å². The second-order valence-electron chi connectivity index (χ2n) is 8.68. The number of ether oxygens (including phenoxy) is 1. The van der Waals surface area contributed by atoms with Crippen LogP contribution in [-0.2, 0) is 42.6 Å². The van der Waals surface area contributed by atoms with Crippen LogP contribution in [0.1, 0.15) is 66.6 Å². The first-order valence-electron chi connectivity index (χ1n) is 10.6. The molecule has 0 bridgehead atoms. The fourth-order valence-corrected chi connectivity index (χ4v) is 7.26. The van der Waals surface area contributed by atoms with Crippen LogP contribution in [-0.4, -0.2) is 83.7 Å². The molecular weight excluding hydrogens is 478 g/mol. The van der Waals surface area contributed by atoms with E-state index in [2.05, 4.69) is 9.28 Å². The van der Waals surface area contributed by atoms with Crippen LogP contribution in [0.15, 0.2) is 0 Å². The lowest BCUT2D eigenvalue weighted by Gasteiger charge is -2.36. The highest BCUT2D eigenvalue weighted by Crippen LogP contribution is 2.50. The number of hydrogen-bond donors (Lipinski definition) is 1. The van der Waals surface area contributed by atoms with Gasteiger partial charge in [-0.1, -0.05) is 6.92 Å². The van der Waals surface area contributed by atoms with Crippen molar-refractivity contribution in [1.29, 1.82) is 0 Å². The van der Waals surface area contributed by atoms with Gasteiger partial charge in [-0.3, -0.25) is 14.0 Å². The molecule has 1 aliphatic heterocycles. The molecule has 1 N–H and O–H groups in total. The van der Waals surface area contributed by atoms with E-state index in [0.29, 0.717) is 24.8 Å². The van der Waals surface area contributed by atoms with Gasteiger partial charge in [-0.15, -0.1) is 0 Å². The van der Waals surface area contributed by atoms with Crippen LogP contribution >= 0.6 is 0 Å². The van der Waals surface area contributed by atoms with Gasteiger partial charge in [0.2, 0.25) is 0 Å². The Labute approximate surface area is 193 Å². The van der Waals surface area contributed by atoms with Crippen LogP contribution < -0.4 is 0 Å². The number of aryl methyl sites for hydroxylation is 1. The van der Waals surface area contributed by atoms with Gasteiger partial charge in [-0.05, 0) is 39.5 Å². The standard InChI is InChI=1S/C19H29N3O9S2/c1-5-18(3,12-31-33(27,28)29)32(25,26)19(8-9-19)11-22-10-7-13-14(17(24)30-6-2)20-21(4)15(13)16(22)23/h5-12H2,1-4H3,(H,27,28,29). The van der Waals surface area contributed by atoms with Gasteiger partial charge in [-0.2, -0.15) is 13.5 Å². The molecule has 1 aromatic rings. The van der Waals surface area contributed by atoms with Gasteiger partial charge in [-0.25, -0.2) is 17.4 Å². The van der Waals surface area contributed by atoms with E-state index in [-0.39, 0.29) is 37.5 Å². The summed E-state index contributed by atoms with van der Waals surface area (Å²) in [6.07, 6.45) is 0.991. The quantitative estimate of drug-likeness (QED) is 0.349. The average Bonchev–Trinajstić information content (AvgIpc) is 3.44. The van der Waals surface area contributed by atoms with Crippen LogP contribution in [0.5, 0.6) is 0 Å². The number of esters is 1. The van der Waals surface area contributed by atoms with E-state index >= 15 is 0 Å². The minimum absolute atomic E-state index is 0.0509. The summed E-state index contributed by atoms with van der Waals surface area (Å²) >= 11 is 0. The van der Waals surface area contributed by atoms with E-state index in [4.69, 9.17) is 9.29 Å². The SMILES string of the molecule is CCOC(=O)c1nn(C)c2c1CCN(CC1(S(=O)(=O)C(C)(CC)COS(=O)(=O)O)CC1)C2=O. The number of amides is 1. The number of rotatable bonds is 10. The Morgan fingerprint density at radius 1 is 1.24 bits per heavy atom. The summed E-state index contributed by atoms with van der Waals surface area (Å²) in [5, 5.41) is 4.14. The Hall–Kier alpha value is -2.03. The van der Waals surface area contributed by atoms with Crippen molar-refractivity contribution in [3.8, 4) is 0 Å². The van der Waals surface area contributed by atoms with Crippen molar-refractivity contribution in [3.05, 3.63) is 17.0 Å². The molecule has 1 amide bonds. The van der Waals surface area contributed by atoms with Crippen molar-refractivity contribution >= 4 is 32.1 Å². The number of nitrogens with zero attached hydrogens (tertiary/aromatic N) is 3.